The van der Waals surface area contributed by atoms with Crippen LogP contribution in [0, 0.1) is 0 Å². The minimum absolute atomic E-state index is 0.271. The normalized spacial score (nSPS) is 14.0. The van der Waals surface area contributed by atoms with E-state index in [1.54, 1.807) is 36.4 Å². The van der Waals surface area contributed by atoms with Crippen molar-refractivity contribution in [2.75, 3.05) is 18.5 Å². The molecule has 2 N–H and O–H groups in total. The van der Waals surface area contributed by atoms with Crippen molar-refractivity contribution in [1.82, 2.24) is 5.32 Å². The Morgan fingerprint density at radius 3 is 2.58 bits per heavy atom. The van der Waals surface area contributed by atoms with Crippen molar-refractivity contribution in [1.29, 1.82) is 0 Å². The number of carbonyl (C=O) groups is 1. The molecule has 0 saturated carbocycles. The number of ether oxygens (including phenoxy) is 2. The molecule has 0 spiro atoms. The van der Waals surface area contributed by atoms with Gasteiger partial charge in [-0.05, 0) is 36.8 Å². The van der Waals surface area contributed by atoms with Gasteiger partial charge in [0, 0.05) is 21.8 Å². The maximum absolute atomic E-state index is 12.2. The van der Waals surface area contributed by atoms with Gasteiger partial charge in [0.1, 0.15) is 13.2 Å². The van der Waals surface area contributed by atoms with Crippen molar-refractivity contribution in [3.63, 3.8) is 0 Å². The van der Waals surface area contributed by atoms with Gasteiger partial charge in [-0.25, -0.2) is 4.79 Å². The Kier molecular flexibility index (Phi) is 5.02. The zero-order valence-corrected chi connectivity index (χ0v) is 14.4. The van der Waals surface area contributed by atoms with Crippen LogP contribution in [0.25, 0.3) is 0 Å². The molecule has 0 aliphatic carbocycles. The van der Waals surface area contributed by atoms with Crippen LogP contribution in [0.3, 0.4) is 0 Å². The van der Waals surface area contributed by atoms with Gasteiger partial charge in [0.05, 0.1) is 6.04 Å². The first kappa shape index (κ1) is 16.7. The second-order valence-corrected chi connectivity index (χ2v) is 6.19. The van der Waals surface area contributed by atoms with Crippen LogP contribution < -0.4 is 20.1 Å². The third kappa shape index (κ3) is 3.86. The van der Waals surface area contributed by atoms with Crippen LogP contribution >= 0.6 is 23.2 Å². The number of rotatable bonds is 3. The Labute approximate surface area is 149 Å². The molecule has 3 rings (SSSR count). The van der Waals surface area contributed by atoms with E-state index in [0.29, 0.717) is 40.4 Å². The van der Waals surface area contributed by atoms with Crippen LogP contribution in [-0.4, -0.2) is 19.2 Å². The summed E-state index contributed by atoms with van der Waals surface area (Å²) in [5.41, 5.74) is 1.41. The standard InChI is InChI=1S/C17H16Cl2N2O3/c1-10(13-4-2-11(18)8-14(13)19)20-17(22)21-12-3-5-15-16(9-12)24-7-6-23-15/h2-5,8-10H,6-7H2,1H3,(H2,20,21,22). The van der Waals surface area contributed by atoms with Gasteiger partial charge in [-0.15, -0.1) is 0 Å². The number of hydrogen-bond acceptors (Lipinski definition) is 3. The van der Waals surface area contributed by atoms with E-state index in [2.05, 4.69) is 10.6 Å². The highest BCUT2D eigenvalue weighted by molar-refractivity contribution is 6.35. The van der Waals surface area contributed by atoms with Crippen LogP contribution in [0.1, 0.15) is 18.5 Å². The molecule has 7 heteroatoms. The number of fused-ring (bicyclic) bond motifs is 1. The fourth-order valence-corrected chi connectivity index (χ4v) is 2.99. The zero-order chi connectivity index (χ0) is 17.1. The van der Waals surface area contributed by atoms with Gasteiger partial charge in [-0.1, -0.05) is 29.3 Å². The van der Waals surface area contributed by atoms with Crippen molar-refractivity contribution in [3.05, 3.63) is 52.0 Å². The first-order valence-corrected chi connectivity index (χ1v) is 8.20. The average Bonchev–Trinajstić information content (AvgIpc) is 2.54. The fourth-order valence-electron chi connectivity index (χ4n) is 2.42. The molecule has 126 valence electrons. The Hall–Kier alpha value is -2.11. The second-order valence-electron chi connectivity index (χ2n) is 5.34. The Morgan fingerprint density at radius 1 is 1.08 bits per heavy atom. The largest absolute Gasteiger partial charge is 0.486 e. The van der Waals surface area contributed by atoms with Crippen molar-refractivity contribution in [2.45, 2.75) is 13.0 Å². The van der Waals surface area contributed by atoms with Crippen LogP contribution in [0.4, 0.5) is 10.5 Å². The number of nitrogens with one attached hydrogen (secondary N) is 2. The molecule has 0 radical (unpaired) electrons. The molecule has 1 atom stereocenters. The summed E-state index contributed by atoms with van der Waals surface area (Å²) in [6.07, 6.45) is 0. The molecule has 1 aliphatic rings. The molecule has 2 aromatic carbocycles. The maximum atomic E-state index is 12.2. The van der Waals surface area contributed by atoms with E-state index in [4.69, 9.17) is 32.7 Å². The van der Waals surface area contributed by atoms with E-state index in [1.165, 1.54) is 0 Å². The van der Waals surface area contributed by atoms with Crippen LogP contribution in [0.15, 0.2) is 36.4 Å². The SMILES string of the molecule is CC(NC(=O)Nc1ccc2c(c1)OCCO2)c1ccc(Cl)cc1Cl. The van der Waals surface area contributed by atoms with Gasteiger partial charge in [-0.3, -0.25) is 0 Å². The second kappa shape index (κ2) is 7.20. The Bertz CT molecular complexity index is 767. The van der Waals surface area contributed by atoms with E-state index in [-0.39, 0.29) is 12.1 Å². The van der Waals surface area contributed by atoms with Gasteiger partial charge >= 0.3 is 6.03 Å². The summed E-state index contributed by atoms with van der Waals surface area (Å²) >= 11 is 12.0. The summed E-state index contributed by atoms with van der Waals surface area (Å²) in [6.45, 7) is 2.87. The van der Waals surface area contributed by atoms with E-state index in [0.717, 1.165) is 5.56 Å². The minimum atomic E-state index is -0.342. The number of hydrogen-bond donors (Lipinski definition) is 2. The predicted molar refractivity (Wildman–Crippen MR) is 94.5 cm³/mol. The molecule has 2 amide bonds. The van der Waals surface area contributed by atoms with E-state index >= 15 is 0 Å². The van der Waals surface area contributed by atoms with Gasteiger partial charge in [0.2, 0.25) is 0 Å². The molecule has 0 saturated heterocycles. The molecule has 1 aliphatic heterocycles. The number of benzene rings is 2. The summed E-state index contributed by atoms with van der Waals surface area (Å²) in [4.78, 5) is 12.2. The molecule has 0 bridgehead atoms. The van der Waals surface area contributed by atoms with Crippen molar-refractivity contribution in [2.24, 2.45) is 0 Å². The van der Waals surface area contributed by atoms with Gasteiger partial charge < -0.3 is 20.1 Å². The molecular formula is C17H16Cl2N2O3. The van der Waals surface area contributed by atoms with Gasteiger partial charge in [0.25, 0.3) is 0 Å². The minimum Gasteiger partial charge on any atom is -0.486 e. The zero-order valence-electron chi connectivity index (χ0n) is 12.9. The molecule has 0 fully saturated rings. The highest BCUT2D eigenvalue weighted by Gasteiger charge is 2.15. The molecule has 1 unspecified atom stereocenters. The van der Waals surface area contributed by atoms with Crippen molar-refractivity contribution in [3.8, 4) is 11.5 Å². The third-order valence-corrected chi connectivity index (χ3v) is 4.14. The highest BCUT2D eigenvalue weighted by Crippen LogP contribution is 2.32. The first-order valence-electron chi connectivity index (χ1n) is 7.45. The summed E-state index contributed by atoms with van der Waals surface area (Å²) < 4.78 is 10.9. The average molecular weight is 367 g/mol. The lowest BCUT2D eigenvalue weighted by Crippen LogP contribution is -2.31. The lowest BCUT2D eigenvalue weighted by molar-refractivity contribution is 0.171. The molecule has 1 heterocycles. The topological polar surface area (TPSA) is 59.6 Å². The summed E-state index contributed by atoms with van der Waals surface area (Å²) in [5.74, 6) is 1.29. The number of urea groups is 1. The molecule has 5 nitrogen and oxygen atoms in total. The van der Waals surface area contributed by atoms with Crippen LogP contribution in [-0.2, 0) is 0 Å². The highest BCUT2D eigenvalue weighted by atomic mass is 35.5. The monoisotopic (exact) mass is 366 g/mol. The molecular weight excluding hydrogens is 351 g/mol. The lowest BCUT2D eigenvalue weighted by Gasteiger charge is -2.20. The Morgan fingerprint density at radius 2 is 1.83 bits per heavy atom. The summed E-state index contributed by atoms with van der Waals surface area (Å²) in [6, 6.07) is 9.82. The third-order valence-electron chi connectivity index (χ3n) is 3.58. The maximum Gasteiger partial charge on any atom is 0.319 e. The summed E-state index contributed by atoms with van der Waals surface area (Å²) in [5, 5.41) is 6.67. The Balaban J connectivity index is 1.65. The van der Waals surface area contributed by atoms with E-state index < -0.39 is 0 Å². The first-order chi connectivity index (χ1) is 11.5. The van der Waals surface area contributed by atoms with Crippen LogP contribution in [0.5, 0.6) is 11.5 Å². The van der Waals surface area contributed by atoms with Crippen LogP contribution in [0.2, 0.25) is 10.0 Å². The van der Waals surface area contributed by atoms with Crippen molar-refractivity contribution >= 4 is 34.9 Å². The van der Waals surface area contributed by atoms with Crippen molar-refractivity contribution < 1.29 is 14.3 Å². The van der Waals surface area contributed by atoms with E-state index in [9.17, 15) is 4.79 Å². The molecule has 2 aromatic rings. The number of halogens is 2. The number of carbonyl (C=O) groups excluding carboxylic acids is 1. The summed E-state index contributed by atoms with van der Waals surface area (Å²) in [7, 11) is 0. The smallest absolute Gasteiger partial charge is 0.319 e. The molecule has 0 aromatic heterocycles. The number of amides is 2. The number of anilines is 1. The lowest BCUT2D eigenvalue weighted by atomic mass is 10.1. The van der Waals surface area contributed by atoms with Gasteiger partial charge in [0.15, 0.2) is 11.5 Å². The van der Waals surface area contributed by atoms with E-state index in [1.807, 2.05) is 6.92 Å². The quantitative estimate of drug-likeness (QED) is 0.831. The predicted octanol–water partition coefficient (Wildman–Crippen LogP) is 4.65. The van der Waals surface area contributed by atoms with Gasteiger partial charge in [-0.2, -0.15) is 0 Å². The fraction of sp³-hybridized carbons (Fsp3) is 0.235. The molecule has 24 heavy (non-hydrogen) atoms.